The smallest absolute Gasteiger partial charge is 0.256 e. The molecule has 1 saturated carbocycles. The third kappa shape index (κ3) is 4.37. The molecule has 5 nitrogen and oxygen atoms in total. The first-order valence-electron chi connectivity index (χ1n) is 12.2. The minimum atomic E-state index is -0.185. The molecule has 1 aliphatic carbocycles. The molecular formula is C30H27N3O2. The van der Waals surface area contributed by atoms with Gasteiger partial charge in [-0.3, -0.25) is 9.59 Å². The maximum Gasteiger partial charge on any atom is 0.256 e. The molecule has 1 aliphatic heterocycles. The van der Waals surface area contributed by atoms with Crippen LogP contribution in [0.15, 0.2) is 84.9 Å². The van der Waals surface area contributed by atoms with Gasteiger partial charge in [0.15, 0.2) is 0 Å². The van der Waals surface area contributed by atoms with Gasteiger partial charge in [-0.25, -0.2) is 0 Å². The van der Waals surface area contributed by atoms with Crippen molar-refractivity contribution >= 4 is 34.0 Å². The summed E-state index contributed by atoms with van der Waals surface area (Å²) in [4.78, 5) is 28.7. The largest absolute Gasteiger partial charge is 0.366 e. The molecule has 0 spiro atoms. The molecular weight excluding hydrogens is 434 g/mol. The van der Waals surface area contributed by atoms with Crippen LogP contribution in [-0.4, -0.2) is 24.4 Å². The Kier molecular flexibility index (Phi) is 5.45. The first-order chi connectivity index (χ1) is 17.2. The second-order valence-electron chi connectivity index (χ2n) is 9.40. The molecule has 0 atom stereocenters. The molecule has 1 fully saturated rings. The molecule has 174 valence electrons. The minimum absolute atomic E-state index is 0.0809. The fraction of sp³-hybridized carbons (Fsp3) is 0.200. The Hall–Kier alpha value is -4.12. The third-order valence-electron chi connectivity index (χ3n) is 6.92. The molecule has 1 heterocycles. The summed E-state index contributed by atoms with van der Waals surface area (Å²) in [6.45, 7) is 1.62. The maximum atomic E-state index is 13.2. The van der Waals surface area contributed by atoms with Crippen molar-refractivity contribution in [2.75, 3.05) is 16.8 Å². The predicted octanol–water partition coefficient (Wildman–Crippen LogP) is 5.55. The van der Waals surface area contributed by atoms with Gasteiger partial charge in [-0.05, 0) is 65.4 Å². The fourth-order valence-corrected chi connectivity index (χ4v) is 4.89. The van der Waals surface area contributed by atoms with Crippen LogP contribution in [0.1, 0.15) is 44.7 Å². The number of nitrogens with one attached hydrogen (secondary N) is 2. The van der Waals surface area contributed by atoms with Crippen LogP contribution in [0.4, 0.5) is 11.4 Å². The Morgan fingerprint density at radius 3 is 2.40 bits per heavy atom. The highest BCUT2D eigenvalue weighted by Gasteiger charge is 2.27. The average molecular weight is 462 g/mol. The van der Waals surface area contributed by atoms with Gasteiger partial charge in [-0.15, -0.1) is 0 Å². The molecule has 35 heavy (non-hydrogen) atoms. The molecule has 6 rings (SSSR count). The Bertz CT molecular complexity index is 1440. The molecule has 0 bridgehead atoms. The van der Waals surface area contributed by atoms with Gasteiger partial charge >= 0.3 is 0 Å². The van der Waals surface area contributed by atoms with Gasteiger partial charge in [0.05, 0.1) is 5.56 Å². The standard InChI is InChI=1S/C30H27N3O2/c34-29(26-11-5-9-21-7-3-4-10-25(21)26)32-24-14-15-28(27(18-24)30(35)31-23-12-13-23)33-17-16-20-6-1-2-8-22(20)19-33/h1-11,14-15,18,23H,12-13,16-17,19H2,(H,31,35)(H,32,34). The summed E-state index contributed by atoms with van der Waals surface area (Å²) in [7, 11) is 0. The van der Waals surface area contributed by atoms with Crippen LogP contribution < -0.4 is 15.5 Å². The number of benzene rings is 4. The van der Waals surface area contributed by atoms with Crippen LogP contribution in [0.3, 0.4) is 0 Å². The summed E-state index contributed by atoms with van der Waals surface area (Å²) in [5.41, 5.74) is 5.40. The van der Waals surface area contributed by atoms with E-state index in [2.05, 4.69) is 39.8 Å². The highest BCUT2D eigenvalue weighted by atomic mass is 16.2. The number of anilines is 2. The van der Waals surface area contributed by atoms with Gasteiger partial charge in [0.2, 0.25) is 0 Å². The van der Waals surface area contributed by atoms with Crippen LogP contribution in [-0.2, 0) is 13.0 Å². The zero-order valence-corrected chi connectivity index (χ0v) is 19.5. The quantitative estimate of drug-likeness (QED) is 0.410. The lowest BCUT2D eigenvalue weighted by Gasteiger charge is -2.32. The van der Waals surface area contributed by atoms with E-state index in [1.807, 2.05) is 60.7 Å². The molecule has 0 aromatic heterocycles. The maximum absolute atomic E-state index is 13.2. The third-order valence-corrected chi connectivity index (χ3v) is 6.92. The van der Waals surface area contributed by atoms with Crippen molar-refractivity contribution < 1.29 is 9.59 Å². The van der Waals surface area contributed by atoms with Crippen LogP contribution in [0, 0.1) is 0 Å². The van der Waals surface area contributed by atoms with E-state index in [-0.39, 0.29) is 17.9 Å². The highest BCUT2D eigenvalue weighted by molar-refractivity contribution is 6.13. The van der Waals surface area contributed by atoms with Crippen LogP contribution in [0.5, 0.6) is 0 Å². The topological polar surface area (TPSA) is 61.4 Å². The molecule has 5 heteroatoms. The molecule has 2 aliphatic rings. The molecule has 4 aromatic carbocycles. The van der Waals surface area contributed by atoms with Gasteiger partial charge in [0, 0.05) is 36.1 Å². The van der Waals surface area contributed by atoms with Gasteiger partial charge in [-0.2, -0.15) is 0 Å². The summed E-state index contributed by atoms with van der Waals surface area (Å²) in [5, 5.41) is 8.07. The first-order valence-corrected chi connectivity index (χ1v) is 12.2. The van der Waals surface area contributed by atoms with E-state index >= 15 is 0 Å². The van der Waals surface area contributed by atoms with E-state index in [0.717, 1.165) is 48.8 Å². The summed E-state index contributed by atoms with van der Waals surface area (Å²) in [5.74, 6) is -0.266. The zero-order chi connectivity index (χ0) is 23.8. The second-order valence-corrected chi connectivity index (χ2v) is 9.40. The zero-order valence-electron chi connectivity index (χ0n) is 19.5. The van der Waals surface area contributed by atoms with E-state index in [0.29, 0.717) is 16.8 Å². The number of nitrogens with zero attached hydrogens (tertiary/aromatic N) is 1. The summed E-state index contributed by atoms with van der Waals surface area (Å²) in [6, 6.07) is 28.0. The number of carbonyl (C=O) groups excluding carboxylic acids is 2. The predicted molar refractivity (Wildman–Crippen MR) is 140 cm³/mol. The molecule has 0 radical (unpaired) electrons. The van der Waals surface area contributed by atoms with Crippen molar-refractivity contribution in [3.8, 4) is 0 Å². The van der Waals surface area contributed by atoms with Crippen molar-refractivity contribution in [2.45, 2.75) is 31.8 Å². The number of hydrogen-bond donors (Lipinski definition) is 2. The Labute approximate surface area is 204 Å². The number of rotatable bonds is 5. The SMILES string of the molecule is O=C(NC1CC1)c1cc(NC(=O)c2cccc3ccccc23)ccc1N1CCc2ccccc2C1. The minimum Gasteiger partial charge on any atom is -0.366 e. The first kappa shape index (κ1) is 21.4. The summed E-state index contributed by atoms with van der Waals surface area (Å²) < 4.78 is 0. The molecule has 4 aromatic rings. The Morgan fingerprint density at radius 2 is 1.54 bits per heavy atom. The number of fused-ring (bicyclic) bond motifs is 2. The summed E-state index contributed by atoms with van der Waals surface area (Å²) in [6.07, 6.45) is 2.99. The fourth-order valence-electron chi connectivity index (χ4n) is 4.89. The monoisotopic (exact) mass is 461 g/mol. The molecule has 2 amide bonds. The lowest BCUT2D eigenvalue weighted by atomic mass is 9.98. The van der Waals surface area contributed by atoms with Crippen LogP contribution >= 0.6 is 0 Å². The van der Waals surface area contributed by atoms with Crippen molar-refractivity contribution in [2.24, 2.45) is 0 Å². The van der Waals surface area contributed by atoms with E-state index in [1.54, 1.807) is 0 Å². The number of amides is 2. The normalized spacial score (nSPS) is 14.9. The second kappa shape index (κ2) is 8.91. The van der Waals surface area contributed by atoms with E-state index in [4.69, 9.17) is 0 Å². The number of hydrogen-bond acceptors (Lipinski definition) is 3. The van der Waals surface area contributed by atoms with Gasteiger partial charge in [0.25, 0.3) is 11.8 Å². The Balaban J connectivity index is 1.31. The van der Waals surface area contributed by atoms with E-state index < -0.39 is 0 Å². The molecule has 0 saturated heterocycles. The van der Waals surface area contributed by atoms with Crippen molar-refractivity contribution in [1.82, 2.24) is 5.32 Å². The van der Waals surface area contributed by atoms with Crippen molar-refractivity contribution in [3.05, 3.63) is 107 Å². The molecule has 2 N–H and O–H groups in total. The number of carbonyl (C=O) groups is 2. The van der Waals surface area contributed by atoms with Crippen LogP contribution in [0.25, 0.3) is 10.8 Å². The lowest BCUT2D eigenvalue weighted by Crippen LogP contribution is -2.33. The Morgan fingerprint density at radius 1 is 0.771 bits per heavy atom. The van der Waals surface area contributed by atoms with E-state index in [9.17, 15) is 9.59 Å². The molecule has 0 unspecified atom stereocenters. The summed E-state index contributed by atoms with van der Waals surface area (Å²) >= 11 is 0. The average Bonchev–Trinajstić information content (AvgIpc) is 3.72. The van der Waals surface area contributed by atoms with Crippen LogP contribution in [0.2, 0.25) is 0 Å². The van der Waals surface area contributed by atoms with Crippen molar-refractivity contribution in [3.63, 3.8) is 0 Å². The van der Waals surface area contributed by atoms with Gasteiger partial charge in [0.1, 0.15) is 0 Å². The van der Waals surface area contributed by atoms with E-state index in [1.165, 1.54) is 11.1 Å². The van der Waals surface area contributed by atoms with Gasteiger partial charge < -0.3 is 15.5 Å². The van der Waals surface area contributed by atoms with Crippen molar-refractivity contribution in [1.29, 1.82) is 0 Å². The highest BCUT2D eigenvalue weighted by Crippen LogP contribution is 2.31. The lowest BCUT2D eigenvalue weighted by molar-refractivity contribution is 0.0950. The van der Waals surface area contributed by atoms with Gasteiger partial charge in [-0.1, -0.05) is 60.7 Å².